The molecule has 5 heteroatoms. The van der Waals surface area contributed by atoms with Crippen molar-refractivity contribution in [2.45, 2.75) is 20.8 Å². The molecule has 0 atom stereocenters. The minimum atomic E-state index is -0.443. The van der Waals surface area contributed by atoms with E-state index in [2.05, 4.69) is 4.98 Å². The molecule has 112 valence electrons. The summed E-state index contributed by atoms with van der Waals surface area (Å²) in [6.45, 7) is 5.88. The highest BCUT2D eigenvalue weighted by Crippen LogP contribution is 2.27. The molecule has 2 heterocycles. The number of carbonyl (C=O) groups is 1. The lowest BCUT2D eigenvalue weighted by Gasteiger charge is -2.10. The highest BCUT2D eigenvalue weighted by molar-refractivity contribution is 7.13. The number of carbonyl (C=O) groups excluding carboxylic acids is 1. The number of hydrogen-bond donors (Lipinski definition) is 0. The first-order chi connectivity index (χ1) is 10.5. The minimum Gasteiger partial charge on any atom is -0.472 e. The zero-order valence-electron chi connectivity index (χ0n) is 12.5. The minimum absolute atomic E-state index is 0.306. The van der Waals surface area contributed by atoms with Gasteiger partial charge < -0.3 is 9.15 Å². The SMILES string of the molecule is Cc1cc(C)c(OC(=O)c2csc(-c3ccoc3)n2)c(C)c1. The van der Waals surface area contributed by atoms with Crippen molar-refractivity contribution in [1.29, 1.82) is 0 Å². The predicted octanol–water partition coefficient (Wildman–Crippen LogP) is 4.55. The van der Waals surface area contributed by atoms with E-state index in [0.717, 1.165) is 27.3 Å². The molecule has 0 fully saturated rings. The van der Waals surface area contributed by atoms with Gasteiger partial charge in [-0.2, -0.15) is 0 Å². The molecule has 0 N–H and O–H groups in total. The number of aryl methyl sites for hydroxylation is 3. The lowest BCUT2D eigenvalue weighted by molar-refractivity contribution is 0.0727. The van der Waals surface area contributed by atoms with Crippen LogP contribution in [0.2, 0.25) is 0 Å². The zero-order chi connectivity index (χ0) is 15.7. The van der Waals surface area contributed by atoms with Gasteiger partial charge in [-0.15, -0.1) is 11.3 Å². The number of thiazole rings is 1. The fourth-order valence-corrected chi connectivity index (χ4v) is 3.13. The van der Waals surface area contributed by atoms with Crippen LogP contribution in [0.5, 0.6) is 5.75 Å². The molecule has 3 aromatic rings. The maximum atomic E-state index is 12.3. The van der Waals surface area contributed by atoms with Crippen molar-refractivity contribution in [1.82, 2.24) is 4.98 Å². The molecule has 22 heavy (non-hydrogen) atoms. The van der Waals surface area contributed by atoms with Crippen molar-refractivity contribution in [2.24, 2.45) is 0 Å². The molecule has 1 aromatic carbocycles. The second kappa shape index (κ2) is 5.77. The molecule has 0 saturated heterocycles. The number of esters is 1. The highest BCUT2D eigenvalue weighted by Gasteiger charge is 2.17. The predicted molar refractivity (Wildman–Crippen MR) is 85.4 cm³/mol. The van der Waals surface area contributed by atoms with Crippen LogP contribution in [0.1, 0.15) is 27.2 Å². The molecule has 0 bridgehead atoms. The zero-order valence-corrected chi connectivity index (χ0v) is 13.4. The molecule has 0 aliphatic heterocycles. The van der Waals surface area contributed by atoms with Crippen molar-refractivity contribution in [2.75, 3.05) is 0 Å². The lowest BCUT2D eigenvalue weighted by Crippen LogP contribution is -2.10. The Morgan fingerprint density at radius 1 is 1.23 bits per heavy atom. The number of ether oxygens (including phenoxy) is 1. The van der Waals surface area contributed by atoms with Crippen LogP contribution >= 0.6 is 11.3 Å². The van der Waals surface area contributed by atoms with Crippen molar-refractivity contribution < 1.29 is 13.9 Å². The molecule has 0 spiro atoms. The molecule has 0 saturated carbocycles. The van der Waals surface area contributed by atoms with Crippen LogP contribution in [-0.2, 0) is 0 Å². The van der Waals surface area contributed by atoms with Gasteiger partial charge in [-0.25, -0.2) is 9.78 Å². The Kier molecular flexibility index (Phi) is 3.81. The molecule has 0 aliphatic rings. The summed E-state index contributed by atoms with van der Waals surface area (Å²) in [5.41, 5.74) is 4.19. The van der Waals surface area contributed by atoms with E-state index in [0.29, 0.717) is 11.4 Å². The quantitative estimate of drug-likeness (QED) is 0.526. The third kappa shape index (κ3) is 2.80. The van der Waals surface area contributed by atoms with Crippen LogP contribution < -0.4 is 4.74 Å². The van der Waals surface area contributed by atoms with E-state index in [-0.39, 0.29) is 0 Å². The summed E-state index contributed by atoms with van der Waals surface area (Å²) in [7, 11) is 0. The standard InChI is InChI=1S/C17H15NO3S/c1-10-6-11(2)15(12(3)7-10)21-17(19)14-9-22-16(18-14)13-4-5-20-8-13/h4-9H,1-3H3. The van der Waals surface area contributed by atoms with E-state index in [1.54, 1.807) is 17.9 Å². The van der Waals surface area contributed by atoms with Crippen molar-refractivity contribution in [3.8, 4) is 16.3 Å². The Hall–Kier alpha value is -2.40. The monoisotopic (exact) mass is 313 g/mol. The third-order valence-corrected chi connectivity index (χ3v) is 4.17. The molecule has 0 amide bonds. The summed E-state index contributed by atoms with van der Waals surface area (Å²) >= 11 is 1.39. The first-order valence-electron chi connectivity index (χ1n) is 6.82. The van der Waals surface area contributed by atoms with E-state index in [9.17, 15) is 4.79 Å². The van der Waals surface area contributed by atoms with E-state index >= 15 is 0 Å². The summed E-state index contributed by atoms with van der Waals surface area (Å²) in [5, 5.41) is 2.43. The Morgan fingerprint density at radius 3 is 2.59 bits per heavy atom. The van der Waals surface area contributed by atoms with Crippen LogP contribution in [0.3, 0.4) is 0 Å². The second-order valence-electron chi connectivity index (χ2n) is 5.17. The van der Waals surface area contributed by atoms with Gasteiger partial charge in [0.25, 0.3) is 0 Å². The molecular formula is C17H15NO3S. The van der Waals surface area contributed by atoms with Crippen molar-refractivity contribution >= 4 is 17.3 Å². The van der Waals surface area contributed by atoms with Gasteiger partial charge in [0.15, 0.2) is 5.69 Å². The lowest BCUT2D eigenvalue weighted by atomic mass is 10.1. The second-order valence-corrected chi connectivity index (χ2v) is 6.03. The van der Waals surface area contributed by atoms with E-state index in [1.807, 2.05) is 39.0 Å². The number of hydrogen-bond acceptors (Lipinski definition) is 5. The number of benzene rings is 1. The third-order valence-electron chi connectivity index (χ3n) is 3.28. The van der Waals surface area contributed by atoms with Crippen molar-refractivity contribution in [3.05, 3.63) is 58.5 Å². The van der Waals surface area contributed by atoms with Gasteiger partial charge in [-0.05, 0) is 38.0 Å². The first kappa shape index (κ1) is 14.5. The van der Waals surface area contributed by atoms with Crippen LogP contribution in [0.15, 0.2) is 40.5 Å². The maximum Gasteiger partial charge on any atom is 0.363 e. The van der Waals surface area contributed by atoms with Gasteiger partial charge in [0, 0.05) is 10.9 Å². The molecule has 0 aliphatic carbocycles. The van der Waals surface area contributed by atoms with Gasteiger partial charge in [0.1, 0.15) is 17.0 Å². The van der Waals surface area contributed by atoms with Gasteiger partial charge >= 0.3 is 5.97 Å². The number of rotatable bonds is 3. The van der Waals surface area contributed by atoms with E-state index < -0.39 is 5.97 Å². The molecule has 3 rings (SSSR count). The fourth-order valence-electron chi connectivity index (χ4n) is 2.36. The molecule has 0 unspecified atom stereocenters. The molecule has 2 aromatic heterocycles. The van der Waals surface area contributed by atoms with Crippen molar-refractivity contribution in [3.63, 3.8) is 0 Å². The van der Waals surface area contributed by atoms with Crippen LogP contribution in [0.25, 0.3) is 10.6 Å². The van der Waals surface area contributed by atoms with E-state index in [1.165, 1.54) is 11.3 Å². The fraction of sp³-hybridized carbons (Fsp3) is 0.176. The summed E-state index contributed by atoms with van der Waals surface area (Å²) in [4.78, 5) is 16.6. The number of aromatic nitrogens is 1. The summed E-state index contributed by atoms with van der Waals surface area (Å²) in [6.07, 6.45) is 3.18. The summed E-state index contributed by atoms with van der Waals surface area (Å²) in [5.74, 6) is 0.162. The van der Waals surface area contributed by atoms with Gasteiger partial charge in [-0.1, -0.05) is 17.7 Å². The molecule has 4 nitrogen and oxygen atoms in total. The highest BCUT2D eigenvalue weighted by atomic mass is 32.1. The van der Waals surface area contributed by atoms with Gasteiger partial charge in [0.05, 0.1) is 6.26 Å². The van der Waals surface area contributed by atoms with Crippen LogP contribution in [0.4, 0.5) is 0 Å². The Morgan fingerprint density at radius 2 is 1.95 bits per heavy atom. The summed E-state index contributed by atoms with van der Waals surface area (Å²) < 4.78 is 10.6. The molecule has 0 radical (unpaired) electrons. The Labute approximate surface area is 132 Å². The van der Waals surface area contributed by atoms with Crippen LogP contribution in [0, 0.1) is 20.8 Å². The smallest absolute Gasteiger partial charge is 0.363 e. The average Bonchev–Trinajstić information content (AvgIpc) is 3.12. The maximum absolute atomic E-state index is 12.3. The Balaban J connectivity index is 1.84. The Bertz CT molecular complexity index is 795. The molecular weight excluding hydrogens is 298 g/mol. The normalized spacial score (nSPS) is 10.7. The largest absolute Gasteiger partial charge is 0.472 e. The average molecular weight is 313 g/mol. The topological polar surface area (TPSA) is 52.3 Å². The van der Waals surface area contributed by atoms with Crippen LogP contribution in [-0.4, -0.2) is 11.0 Å². The van der Waals surface area contributed by atoms with E-state index in [4.69, 9.17) is 9.15 Å². The van der Waals surface area contributed by atoms with Gasteiger partial charge in [-0.3, -0.25) is 0 Å². The first-order valence-corrected chi connectivity index (χ1v) is 7.70. The number of furan rings is 1. The summed E-state index contributed by atoms with van der Waals surface area (Å²) in [6, 6.07) is 5.79. The number of nitrogens with zero attached hydrogens (tertiary/aromatic N) is 1. The van der Waals surface area contributed by atoms with Gasteiger partial charge in [0.2, 0.25) is 0 Å².